The maximum Gasteiger partial charge on any atom is 0.254 e. The molecule has 3 aromatic rings. The monoisotopic (exact) mass is 352 g/mol. The lowest BCUT2D eigenvalue weighted by Crippen LogP contribution is -2.15. The third-order valence-electron chi connectivity index (χ3n) is 3.64. The van der Waals surface area contributed by atoms with Crippen LogP contribution in [0.3, 0.4) is 0 Å². The van der Waals surface area contributed by atoms with Crippen molar-refractivity contribution in [2.75, 3.05) is 11.1 Å². The van der Waals surface area contributed by atoms with E-state index in [0.29, 0.717) is 11.4 Å². The third-order valence-corrected chi connectivity index (χ3v) is 3.64. The minimum Gasteiger partial charge on any atom is -0.455 e. The van der Waals surface area contributed by atoms with E-state index in [1.54, 1.807) is 43.3 Å². The molecule has 0 spiro atoms. The number of aromatic nitrogens is 1. The van der Waals surface area contributed by atoms with Crippen molar-refractivity contribution in [1.29, 1.82) is 0 Å². The first-order valence-electron chi connectivity index (χ1n) is 7.78. The summed E-state index contributed by atoms with van der Waals surface area (Å²) in [5.74, 6) is -0.627. The zero-order chi connectivity index (χ0) is 18.7. The van der Waals surface area contributed by atoms with Crippen LogP contribution in [-0.2, 0) is 0 Å². The number of rotatable bonds is 5. The molecule has 26 heavy (non-hydrogen) atoms. The maximum absolute atomic E-state index is 14.1. The summed E-state index contributed by atoms with van der Waals surface area (Å²) in [5, 5.41) is 2.84. The number of carbonyl (C=O) groups is 1. The number of pyridine rings is 1. The lowest BCUT2D eigenvalue weighted by atomic mass is 10.1. The highest BCUT2D eigenvalue weighted by Gasteiger charge is 2.18. The van der Waals surface area contributed by atoms with Crippen LogP contribution < -0.4 is 21.5 Å². The summed E-state index contributed by atoms with van der Waals surface area (Å²) in [6, 6.07) is 11.4. The third kappa shape index (κ3) is 3.72. The van der Waals surface area contributed by atoms with E-state index in [1.807, 2.05) is 0 Å². The maximum atomic E-state index is 14.1. The number of hydrogen-bond donors (Lipinski definition) is 3. The number of halogens is 1. The molecule has 7 heteroatoms. The SMILES string of the molecule is Cc1ccc(Nc2cncc(Oc3cccc(N)c3)c2C(N)=O)c(F)c1. The summed E-state index contributed by atoms with van der Waals surface area (Å²) >= 11 is 0. The number of benzene rings is 2. The van der Waals surface area contributed by atoms with E-state index in [9.17, 15) is 9.18 Å². The molecule has 0 bridgehead atoms. The van der Waals surface area contributed by atoms with E-state index >= 15 is 0 Å². The predicted octanol–water partition coefficient (Wildman–Crippen LogP) is 3.75. The summed E-state index contributed by atoms with van der Waals surface area (Å²) in [7, 11) is 0. The van der Waals surface area contributed by atoms with Gasteiger partial charge in [0.15, 0.2) is 5.75 Å². The second-order valence-electron chi connectivity index (χ2n) is 5.71. The van der Waals surface area contributed by atoms with Gasteiger partial charge < -0.3 is 21.5 Å². The van der Waals surface area contributed by atoms with Crippen LogP contribution in [-0.4, -0.2) is 10.9 Å². The van der Waals surface area contributed by atoms with E-state index in [2.05, 4.69) is 10.3 Å². The largest absolute Gasteiger partial charge is 0.455 e. The van der Waals surface area contributed by atoms with Gasteiger partial charge in [-0.1, -0.05) is 12.1 Å². The number of hydrogen-bond acceptors (Lipinski definition) is 5. The molecular weight excluding hydrogens is 335 g/mol. The van der Waals surface area contributed by atoms with Gasteiger partial charge >= 0.3 is 0 Å². The smallest absolute Gasteiger partial charge is 0.254 e. The lowest BCUT2D eigenvalue weighted by molar-refractivity contribution is 0.0999. The molecule has 6 nitrogen and oxygen atoms in total. The van der Waals surface area contributed by atoms with Crippen molar-refractivity contribution in [1.82, 2.24) is 4.98 Å². The molecule has 0 fully saturated rings. The first-order valence-corrected chi connectivity index (χ1v) is 7.78. The highest BCUT2D eigenvalue weighted by atomic mass is 19.1. The van der Waals surface area contributed by atoms with Crippen molar-refractivity contribution in [3.63, 3.8) is 0 Å². The topological polar surface area (TPSA) is 103 Å². The van der Waals surface area contributed by atoms with Gasteiger partial charge in [-0.2, -0.15) is 0 Å². The van der Waals surface area contributed by atoms with Crippen LogP contribution in [0, 0.1) is 12.7 Å². The number of ether oxygens (including phenoxy) is 1. The van der Waals surface area contributed by atoms with E-state index < -0.39 is 11.7 Å². The van der Waals surface area contributed by atoms with Crippen molar-refractivity contribution >= 4 is 23.0 Å². The Hall–Kier alpha value is -3.61. The Labute approximate surface area is 149 Å². The molecule has 0 radical (unpaired) electrons. The van der Waals surface area contributed by atoms with Crippen LogP contribution in [0.15, 0.2) is 54.9 Å². The Bertz CT molecular complexity index is 976. The summed E-state index contributed by atoms with van der Waals surface area (Å²) in [4.78, 5) is 16.0. The van der Waals surface area contributed by atoms with E-state index in [1.165, 1.54) is 18.5 Å². The number of carbonyl (C=O) groups excluding carboxylic acids is 1. The van der Waals surface area contributed by atoms with Gasteiger partial charge in [-0.15, -0.1) is 0 Å². The molecule has 0 aliphatic carbocycles. The fourth-order valence-electron chi connectivity index (χ4n) is 2.44. The zero-order valence-electron chi connectivity index (χ0n) is 14.0. The number of nitrogens with one attached hydrogen (secondary N) is 1. The molecule has 0 aliphatic heterocycles. The average molecular weight is 352 g/mol. The Kier molecular flexibility index (Phi) is 4.70. The molecule has 0 unspecified atom stereocenters. The van der Waals surface area contributed by atoms with Crippen LogP contribution in [0.25, 0.3) is 0 Å². The van der Waals surface area contributed by atoms with Crippen molar-refractivity contribution in [3.8, 4) is 11.5 Å². The Morgan fingerprint density at radius 3 is 2.65 bits per heavy atom. The van der Waals surface area contributed by atoms with Crippen LogP contribution in [0.2, 0.25) is 0 Å². The Morgan fingerprint density at radius 2 is 1.96 bits per heavy atom. The molecule has 2 aromatic carbocycles. The number of nitrogens with two attached hydrogens (primary N) is 2. The van der Waals surface area contributed by atoms with E-state index in [-0.39, 0.29) is 22.7 Å². The van der Waals surface area contributed by atoms with Gasteiger partial charge in [0, 0.05) is 11.8 Å². The molecule has 1 aromatic heterocycles. The van der Waals surface area contributed by atoms with Crippen molar-refractivity contribution in [3.05, 3.63) is 71.8 Å². The van der Waals surface area contributed by atoms with Crippen molar-refractivity contribution in [2.45, 2.75) is 6.92 Å². The minimum atomic E-state index is -0.735. The second kappa shape index (κ2) is 7.10. The molecule has 132 valence electrons. The molecule has 3 rings (SSSR count). The van der Waals surface area contributed by atoms with E-state index in [4.69, 9.17) is 16.2 Å². The Balaban J connectivity index is 1.99. The summed E-state index contributed by atoms with van der Waals surface area (Å²) in [6.45, 7) is 1.78. The molecule has 1 amide bonds. The highest BCUT2D eigenvalue weighted by molar-refractivity contribution is 6.01. The van der Waals surface area contributed by atoms with Gasteiger partial charge in [0.2, 0.25) is 0 Å². The number of anilines is 3. The lowest BCUT2D eigenvalue weighted by Gasteiger charge is -2.15. The molecule has 5 N–H and O–H groups in total. The van der Waals surface area contributed by atoms with E-state index in [0.717, 1.165) is 5.56 Å². The summed E-state index contributed by atoms with van der Waals surface area (Å²) in [6.07, 6.45) is 2.74. The number of amides is 1. The molecule has 0 saturated heterocycles. The quantitative estimate of drug-likeness (QED) is 0.607. The van der Waals surface area contributed by atoms with Gasteiger partial charge in [0.25, 0.3) is 5.91 Å². The minimum absolute atomic E-state index is 0.0578. The highest BCUT2D eigenvalue weighted by Crippen LogP contribution is 2.32. The fraction of sp³-hybridized carbons (Fsp3) is 0.0526. The van der Waals surface area contributed by atoms with Gasteiger partial charge in [-0.3, -0.25) is 9.78 Å². The van der Waals surface area contributed by atoms with Crippen molar-refractivity contribution < 1.29 is 13.9 Å². The average Bonchev–Trinajstić information content (AvgIpc) is 2.57. The first-order chi connectivity index (χ1) is 12.4. The van der Waals surface area contributed by atoms with Gasteiger partial charge in [0.05, 0.1) is 23.8 Å². The van der Waals surface area contributed by atoms with Crippen LogP contribution in [0.5, 0.6) is 11.5 Å². The number of aryl methyl sites for hydroxylation is 1. The zero-order valence-corrected chi connectivity index (χ0v) is 14.0. The fourth-order valence-corrected chi connectivity index (χ4v) is 2.44. The molecule has 1 heterocycles. The summed E-state index contributed by atoms with van der Waals surface area (Å²) in [5.41, 5.74) is 13.0. The molecule has 0 saturated carbocycles. The van der Waals surface area contributed by atoms with Crippen molar-refractivity contribution in [2.24, 2.45) is 5.73 Å². The standard InChI is InChI=1S/C19H17FN4O2/c1-11-5-6-15(14(20)7-11)24-16-9-23-10-17(18(16)19(22)25)26-13-4-2-3-12(21)8-13/h2-10,24H,21H2,1H3,(H2,22,25). The predicted molar refractivity (Wildman–Crippen MR) is 98.1 cm³/mol. The number of primary amides is 1. The number of nitrogens with zero attached hydrogens (tertiary/aromatic N) is 1. The molecule has 0 aliphatic rings. The van der Waals surface area contributed by atoms with Gasteiger partial charge in [-0.05, 0) is 36.8 Å². The Morgan fingerprint density at radius 1 is 1.15 bits per heavy atom. The van der Waals surface area contributed by atoms with Crippen LogP contribution in [0.1, 0.15) is 15.9 Å². The van der Waals surface area contributed by atoms with Crippen LogP contribution in [0.4, 0.5) is 21.5 Å². The second-order valence-corrected chi connectivity index (χ2v) is 5.71. The molecule has 0 atom stereocenters. The summed E-state index contributed by atoms with van der Waals surface area (Å²) < 4.78 is 19.8. The van der Waals surface area contributed by atoms with Crippen LogP contribution >= 0.6 is 0 Å². The first kappa shape index (κ1) is 17.2. The normalized spacial score (nSPS) is 10.4. The van der Waals surface area contributed by atoms with Gasteiger partial charge in [-0.25, -0.2) is 4.39 Å². The molecular formula is C19H17FN4O2. The number of nitrogen functional groups attached to an aromatic ring is 1. The van der Waals surface area contributed by atoms with Gasteiger partial charge in [0.1, 0.15) is 17.1 Å².